The molecule has 0 heterocycles. The normalized spacial score (nSPS) is 11.6. The first kappa shape index (κ1) is 13.7. The lowest BCUT2D eigenvalue weighted by molar-refractivity contribution is -0.143. The van der Waals surface area contributed by atoms with E-state index in [1.54, 1.807) is 0 Å². The number of ether oxygens (including phenoxy) is 1. The predicted molar refractivity (Wildman–Crippen MR) is 51.5 cm³/mol. The molecule has 15 heavy (non-hydrogen) atoms. The first-order chi connectivity index (χ1) is 7.01. The summed E-state index contributed by atoms with van der Waals surface area (Å²) in [7, 11) is 1.20. The molecule has 86 valence electrons. The van der Waals surface area contributed by atoms with Crippen LogP contribution in [-0.2, 0) is 19.1 Å². The van der Waals surface area contributed by atoms with Gasteiger partial charge in [0.25, 0.3) is 0 Å². The van der Waals surface area contributed by atoms with Gasteiger partial charge in [-0.05, 0) is 6.42 Å². The number of halogens is 1. The molecule has 2 N–H and O–H groups in total. The summed E-state index contributed by atoms with van der Waals surface area (Å²) in [4.78, 5) is 32.2. The van der Waals surface area contributed by atoms with Gasteiger partial charge in [0.05, 0.1) is 7.11 Å². The lowest BCUT2D eigenvalue weighted by Gasteiger charge is -2.12. The van der Waals surface area contributed by atoms with E-state index in [1.165, 1.54) is 7.11 Å². The van der Waals surface area contributed by atoms with Crippen LogP contribution >= 0.6 is 11.6 Å². The van der Waals surface area contributed by atoms with Crippen LogP contribution in [0.2, 0.25) is 0 Å². The van der Waals surface area contributed by atoms with Gasteiger partial charge in [0.15, 0.2) is 0 Å². The molecular weight excluding hydrogens is 226 g/mol. The minimum absolute atomic E-state index is 0.0232. The molecule has 0 aliphatic heterocycles. The van der Waals surface area contributed by atoms with Crippen LogP contribution in [0.15, 0.2) is 0 Å². The Hall–Kier alpha value is -1.30. The zero-order valence-corrected chi connectivity index (χ0v) is 8.91. The summed E-state index contributed by atoms with van der Waals surface area (Å²) >= 11 is 5.19. The third-order valence-electron chi connectivity index (χ3n) is 1.62. The number of carbonyl (C=O) groups excluding carboxylic acids is 2. The Morgan fingerprint density at radius 1 is 1.47 bits per heavy atom. The fourth-order valence-electron chi connectivity index (χ4n) is 0.855. The Balaban J connectivity index is 4.11. The number of amides is 1. The number of carbonyl (C=O) groups is 3. The molecule has 1 atom stereocenters. The minimum Gasteiger partial charge on any atom is -0.480 e. The van der Waals surface area contributed by atoms with Crippen molar-refractivity contribution in [2.24, 2.45) is 0 Å². The molecule has 0 saturated heterocycles. The lowest BCUT2D eigenvalue weighted by atomic mass is 10.1. The highest BCUT2D eigenvalue weighted by atomic mass is 35.5. The summed E-state index contributed by atoms with van der Waals surface area (Å²) < 4.78 is 4.34. The molecule has 0 aromatic heterocycles. The van der Waals surface area contributed by atoms with Crippen molar-refractivity contribution in [1.29, 1.82) is 0 Å². The Morgan fingerprint density at radius 3 is 2.47 bits per heavy atom. The second kappa shape index (κ2) is 7.05. The van der Waals surface area contributed by atoms with Gasteiger partial charge >= 0.3 is 11.9 Å². The molecule has 0 aliphatic rings. The van der Waals surface area contributed by atoms with Gasteiger partial charge < -0.3 is 15.2 Å². The number of alkyl halides is 1. The van der Waals surface area contributed by atoms with Crippen LogP contribution in [-0.4, -0.2) is 42.0 Å². The van der Waals surface area contributed by atoms with Gasteiger partial charge in [0.2, 0.25) is 5.91 Å². The quantitative estimate of drug-likeness (QED) is 0.491. The number of carboxylic acid groups (broad SMARTS) is 1. The summed E-state index contributed by atoms with van der Waals surface area (Å²) in [6.07, 6.45) is -0.0966. The van der Waals surface area contributed by atoms with E-state index < -0.39 is 23.9 Å². The number of methoxy groups -OCH3 is 1. The van der Waals surface area contributed by atoms with E-state index in [4.69, 9.17) is 16.7 Å². The van der Waals surface area contributed by atoms with Crippen LogP contribution in [0.3, 0.4) is 0 Å². The van der Waals surface area contributed by atoms with Gasteiger partial charge in [-0.1, -0.05) is 0 Å². The number of nitrogens with one attached hydrogen (secondary N) is 1. The van der Waals surface area contributed by atoms with Gasteiger partial charge in [-0.15, -0.1) is 11.6 Å². The molecule has 0 unspecified atom stereocenters. The van der Waals surface area contributed by atoms with Gasteiger partial charge in [0.1, 0.15) is 11.9 Å². The number of aliphatic carboxylic acids is 1. The van der Waals surface area contributed by atoms with Crippen LogP contribution in [0.4, 0.5) is 0 Å². The molecular formula is C8H12ClNO5. The van der Waals surface area contributed by atoms with E-state index in [-0.39, 0.29) is 18.7 Å². The summed E-state index contributed by atoms with van der Waals surface area (Å²) in [6.45, 7) is 0. The van der Waals surface area contributed by atoms with Crippen LogP contribution in [0.5, 0.6) is 0 Å². The zero-order valence-electron chi connectivity index (χ0n) is 8.16. The SMILES string of the molecule is COC(=O)CC[C@H](NC(=O)CCl)C(=O)O. The average molecular weight is 238 g/mol. The fourth-order valence-corrected chi connectivity index (χ4v) is 0.932. The fraction of sp³-hybridized carbons (Fsp3) is 0.625. The van der Waals surface area contributed by atoms with Crippen molar-refractivity contribution in [2.75, 3.05) is 13.0 Å². The van der Waals surface area contributed by atoms with Crippen LogP contribution < -0.4 is 5.32 Å². The van der Waals surface area contributed by atoms with Crippen LogP contribution in [0, 0.1) is 0 Å². The maximum absolute atomic E-state index is 10.8. The largest absolute Gasteiger partial charge is 0.480 e. The zero-order chi connectivity index (χ0) is 11.8. The molecule has 0 saturated carbocycles. The minimum atomic E-state index is -1.21. The monoisotopic (exact) mass is 237 g/mol. The van der Waals surface area contributed by atoms with E-state index in [9.17, 15) is 14.4 Å². The van der Waals surface area contributed by atoms with Crippen LogP contribution in [0.1, 0.15) is 12.8 Å². The van der Waals surface area contributed by atoms with E-state index >= 15 is 0 Å². The first-order valence-electron chi connectivity index (χ1n) is 4.16. The van der Waals surface area contributed by atoms with Gasteiger partial charge in [0, 0.05) is 6.42 Å². The topological polar surface area (TPSA) is 92.7 Å². The summed E-state index contributed by atoms with van der Waals surface area (Å²) in [5.74, 6) is -2.64. The Bertz CT molecular complexity index is 255. The first-order valence-corrected chi connectivity index (χ1v) is 4.69. The molecule has 0 aromatic rings. The van der Waals surface area contributed by atoms with E-state index in [0.717, 1.165) is 0 Å². The van der Waals surface area contributed by atoms with Gasteiger partial charge in [-0.25, -0.2) is 4.79 Å². The Kier molecular flexibility index (Phi) is 6.44. The smallest absolute Gasteiger partial charge is 0.326 e. The van der Waals surface area contributed by atoms with Crippen molar-refractivity contribution in [3.05, 3.63) is 0 Å². The number of rotatable bonds is 6. The highest BCUT2D eigenvalue weighted by molar-refractivity contribution is 6.27. The summed E-state index contributed by atoms with van der Waals surface area (Å²) in [5.41, 5.74) is 0. The molecule has 0 radical (unpaired) electrons. The number of carboxylic acids is 1. The molecule has 0 spiro atoms. The number of hydrogen-bond acceptors (Lipinski definition) is 4. The summed E-state index contributed by atoms with van der Waals surface area (Å²) in [5, 5.41) is 10.9. The molecule has 0 rings (SSSR count). The van der Waals surface area contributed by atoms with E-state index in [1.807, 2.05) is 0 Å². The Labute approximate surface area is 91.5 Å². The van der Waals surface area contributed by atoms with Crippen molar-refractivity contribution >= 4 is 29.4 Å². The third-order valence-corrected chi connectivity index (χ3v) is 1.86. The highest BCUT2D eigenvalue weighted by Crippen LogP contribution is 1.99. The van der Waals surface area contributed by atoms with Gasteiger partial charge in [-0.3, -0.25) is 9.59 Å². The second-order valence-corrected chi connectivity index (χ2v) is 2.97. The van der Waals surface area contributed by atoms with Crippen molar-refractivity contribution < 1.29 is 24.2 Å². The third kappa shape index (κ3) is 5.90. The molecule has 6 nitrogen and oxygen atoms in total. The standard InChI is InChI=1S/C8H12ClNO5/c1-15-7(12)3-2-5(8(13)14)10-6(11)4-9/h5H,2-4H2,1H3,(H,10,11)(H,13,14)/t5-/m0/s1. The molecule has 0 aromatic carbocycles. The second-order valence-electron chi connectivity index (χ2n) is 2.71. The van der Waals surface area contributed by atoms with Crippen molar-refractivity contribution in [1.82, 2.24) is 5.32 Å². The lowest BCUT2D eigenvalue weighted by Crippen LogP contribution is -2.41. The van der Waals surface area contributed by atoms with Crippen molar-refractivity contribution in [3.8, 4) is 0 Å². The van der Waals surface area contributed by atoms with E-state index in [2.05, 4.69) is 10.1 Å². The van der Waals surface area contributed by atoms with Crippen LogP contribution in [0.25, 0.3) is 0 Å². The molecule has 0 bridgehead atoms. The number of hydrogen-bond donors (Lipinski definition) is 2. The molecule has 7 heteroatoms. The molecule has 0 aliphatic carbocycles. The molecule has 1 amide bonds. The predicted octanol–water partition coefficient (Wildman–Crippen LogP) is -0.252. The average Bonchev–Trinajstić information content (AvgIpc) is 2.22. The van der Waals surface area contributed by atoms with Crippen molar-refractivity contribution in [3.63, 3.8) is 0 Å². The Morgan fingerprint density at radius 2 is 2.07 bits per heavy atom. The van der Waals surface area contributed by atoms with Gasteiger partial charge in [-0.2, -0.15) is 0 Å². The maximum Gasteiger partial charge on any atom is 0.326 e. The molecule has 0 fully saturated rings. The highest BCUT2D eigenvalue weighted by Gasteiger charge is 2.20. The maximum atomic E-state index is 10.8. The number of esters is 1. The van der Waals surface area contributed by atoms with Crippen molar-refractivity contribution in [2.45, 2.75) is 18.9 Å². The summed E-state index contributed by atoms with van der Waals surface area (Å²) in [6, 6.07) is -1.12. The van der Waals surface area contributed by atoms with E-state index in [0.29, 0.717) is 0 Å².